The van der Waals surface area contributed by atoms with Gasteiger partial charge in [0.15, 0.2) is 0 Å². The van der Waals surface area contributed by atoms with Crippen molar-refractivity contribution in [3.05, 3.63) is 53.6 Å². The van der Waals surface area contributed by atoms with E-state index in [0.717, 1.165) is 21.9 Å². The van der Waals surface area contributed by atoms with E-state index in [1.54, 1.807) is 0 Å². The van der Waals surface area contributed by atoms with Gasteiger partial charge in [0.1, 0.15) is 12.4 Å². The van der Waals surface area contributed by atoms with Crippen molar-refractivity contribution in [1.82, 2.24) is 0 Å². The molecule has 88 valence electrons. The maximum absolute atomic E-state index is 6.15. The zero-order chi connectivity index (χ0) is 12.1. The summed E-state index contributed by atoms with van der Waals surface area (Å²) in [6.07, 6.45) is 0. The van der Waals surface area contributed by atoms with Crippen LogP contribution in [0.25, 0.3) is 11.1 Å². The van der Waals surface area contributed by atoms with E-state index >= 15 is 0 Å². The molecule has 0 fully saturated rings. The molecule has 0 atom stereocenters. The lowest BCUT2D eigenvalue weighted by Gasteiger charge is -2.08. The Labute approximate surface area is 111 Å². The van der Waals surface area contributed by atoms with Crippen molar-refractivity contribution in [2.75, 3.05) is 12.5 Å². The lowest BCUT2D eigenvalue weighted by molar-refractivity contribution is 0.343. The average molecular weight is 267 g/mol. The first-order valence-corrected chi connectivity index (χ1v) is 6.26. The number of alkyl halides is 1. The van der Waals surface area contributed by atoms with Gasteiger partial charge in [-0.25, -0.2) is 0 Å². The third kappa shape index (κ3) is 3.15. The van der Waals surface area contributed by atoms with Gasteiger partial charge in [-0.2, -0.15) is 0 Å². The van der Waals surface area contributed by atoms with E-state index in [1.165, 1.54) is 0 Å². The first-order valence-electron chi connectivity index (χ1n) is 5.35. The van der Waals surface area contributed by atoms with Crippen LogP contribution in [-0.2, 0) is 0 Å². The molecular formula is C14H12Cl2O. The Morgan fingerprint density at radius 2 is 1.82 bits per heavy atom. The van der Waals surface area contributed by atoms with E-state index in [0.29, 0.717) is 12.5 Å². The van der Waals surface area contributed by atoms with Crippen molar-refractivity contribution in [2.45, 2.75) is 0 Å². The second-order valence-corrected chi connectivity index (χ2v) is 4.33. The summed E-state index contributed by atoms with van der Waals surface area (Å²) >= 11 is 11.7. The SMILES string of the molecule is ClCCOc1cccc(-c2ccccc2Cl)c1. The number of rotatable bonds is 4. The largest absolute Gasteiger partial charge is 0.492 e. The van der Waals surface area contributed by atoms with Gasteiger partial charge in [-0.1, -0.05) is 41.9 Å². The second-order valence-electron chi connectivity index (χ2n) is 3.55. The average Bonchev–Trinajstić information content (AvgIpc) is 2.37. The van der Waals surface area contributed by atoms with Crippen LogP contribution >= 0.6 is 23.2 Å². The molecule has 0 aromatic heterocycles. The van der Waals surface area contributed by atoms with Crippen LogP contribution in [0.2, 0.25) is 5.02 Å². The topological polar surface area (TPSA) is 9.23 Å². The Morgan fingerprint density at radius 3 is 2.59 bits per heavy atom. The molecule has 0 amide bonds. The van der Waals surface area contributed by atoms with Crippen LogP contribution in [0.1, 0.15) is 0 Å². The lowest BCUT2D eigenvalue weighted by Crippen LogP contribution is -1.97. The number of ether oxygens (including phenoxy) is 1. The highest BCUT2D eigenvalue weighted by molar-refractivity contribution is 6.33. The van der Waals surface area contributed by atoms with Gasteiger partial charge in [-0.15, -0.1) is 11.6 Å². The predicted octanol–water partition coefficient (Wildman–Crippen LogP) is 4.62. The molecule has 1 nitrogen and oxygen atoms in total. The summed E-state index contributed by atoms with van der Waals surface area (Å²) in [6.45, 7) is 0.507. The van der Waals surface area contributed by atoms with E-state index in [-0.39, 0.29) is 0 Å². The summed E-state index contributed by atoms with van der Waals surface area (Å²) in [7, 11) is 0. The van der Waals surface area contributed by atoms with Crippen molar-refractivity contribution in [2.24, 2.45) is 0 Å². The Bertz CT molecular complexity index is 497. The fourth-order valence-electron chi connectivity index (χ4n) is 1.61. The van der Waals surface area contributed by atoms with Gasteiger partial charge in [0.05, 0.1) is 5.88 Å². The minimum atomic E-state index is 0.482. The maximum atomic E-state index is 6.15. The fourth-order valence-corrected chi connectivity index (χ4v) is 1.93. The van der Waals surface area contributed by atoms with Crippen molar-refractivity contribution >= 4 is 23.2 Å². The number of halogens is 2. The standard InChI is InChI=1S/C14H12Cl2O/c15-8-9-17-12-5-3-4-11(10-12)13-6-1-2-7-14(13)16/h1-7,10H,8-9H2. The number of benzene rings is 2. The molecular weight excluding hydrogens is 255 g/mol. The number of hydrogen-bond donors (Lipinski definition) is 0. The van der Waals surface area contributed by atoms with Crippen LogP contribution in [0, 0.1) is 0 Å². The summed E-state index contributed by atoms with van der Waals surface area (Å²) in [4.78, 5) is 0. The van der Waals surface area contributed by atoms with Crippen molar-refractivity contribution in [1.29, 1.82) is 0 Å². The quantitative estimate of drug-likeness (QED) is 0.734. The summed E-state index contributed by atoms with van der Waals surface area (Å²) in [5.41, 5.74) is 2.05. The zero-order valence-electron chi connectivity index (χ0n) is 9.20. The lowest BCUT2D eigenvalue weighted by atomic mass is 10.1. The van der Waals surface area contributed by atoms with Crippen LogP contribution in [0.4, 0.5) is 0 Å². The summed E-state index contributed by atoms with van der Waals surface area (Å²) in [5, 5.41) is 0.738. The van der Waals surface area contributed by atoms with E-state index in [2.05, 4.69) is 0 Å². The third-order valence-corrected chi connectivity index (χ3v) is 2.85. The molecule has 2 aromatic carbocycles. The van der Waals surface area contributed by atoms with Gasteiger partial charge in [0, 0.05) is 10.6 Å². The molecule has 0 saturated heterocycles. The van der Waals surface area contributed by atoms with Crippen LogP contribution in [0.5, 0.6) is 5.75 Å². The summed E-state index contributed by atoms with van der Waals surface area (Å²) < 4.78 is 5.48. The molecule has 0 bridgehead atoms. The highest BCUT2D eigenvalue weighted by Gasteiger charge is 2.03. The van der Waals surface area contributed by atoms with Gasteiger partial charge >= 0.3 is 0 Å². The normalized spacial score (nSPS) is 10.2. The minimum absolute atomic E-state index is 0.482. The second kappa shape index (κ2) is 5.95. The van der Waals surface area contributed by atoms with Gasteiger partial charge in [0.25, 0.3) is 0 Å². The smallest absolute Gasteiger partial charge is 0.119 e. The van der Waals surface area contributed by atoms with Crippen molar-refractivity contribution in [3.63, 3.8) is 0 Å². The maximum Gasteiger partial charge on any atom is 0.119 e. The van der Waals surface area contributed by atoms with E-state index in [1.807, 2.05) is 48.5 Å². The Hall–Kier alpha value is -1.18. The van der Waals surface area contributed by atoms with Crippen LogP contribution in [0.15, 0.2) is 48.5 Å². The molecule has 17 heavy (non-hydrogen) atoms. The molecule has 0 saturated carbocycles. The molecule has 0 spiro atoms. The van der Waals surface area contributed by atoms with Crippen molar-refractivity contribution in [3.8, 4) is 16.9 Å². The van der Waals surface area contributed by atoms with Crippen LogP contribution < -0.4 is 4.74 Å². The van der Waals surface area contributed by atoms with Crippen LogP contribution in [-0.4, -0.2) is 12.5 Å². The Balaban J connectivity index is 2.30. The highest BCUT2D eigenvalue weighted by Crippen LogP contribution is 2.29. The number of hydrogen-bond acceptors (Lipinski definition) is 1. The van der Waals surface area contributed by atoms with E-state index in [4.69, 9.17) is 27.9 Å². The molecule has 0 aliphatic carbocycles. The van der Waals surface area contributed by atoms with E-state index < -0.39 is 0 Å². The van der Waals surface area contributed by atoms with Gasteiger partial charge in [-0.05, 0) is 23.8 Å². The molecule has 0 heterocycles. The van der Waals surface area contributed by atoms with Gasteiger partial charge in [0.2, 0.25) is 0 Å². The molecule has 0 unspecified atom stereocenters. The summed E-state index contributed by atoms with van der Waals surface area (Å²) in [5.74, 6) is 1.29. The Morgan fingerprint density at radius 1 is 1.00 bits per heavy atom. The third-order valence-electron chi connectivity index (χ3n) is 2.36. The molecule has 2 aromatic rings. The van der Waals surface area contributed by atoms with E-state index in [9.17, 15) is 0 Å². The minimum Gasteiger partial charge on any atom is -0.492 e. The highest BCUT2D eigenvalue weighted by atomic mass is 35.5. The van der Waals surface area contributed by atoms with Crippen molar-refractivity contribution < 1.29 is 4.74 Å². The fraction of sp³-hybridized carbons (Fsp3) is 0.143. The van der Waals surface area contributed by atoms with Crippen LogP contribution in [0.3, 0.4) is 0 Å². The molecule has 0 aliphatic heterocycles. The zero-order valence-corrected chi connectivity index (χ0v) is 10.7. The molecule has 0 aliphatic rings. The molecule has 2 rings (SSSR count). The molecule has 3 heteroatoms. The molecule has 0 radical (unpaired) electrons. The Kier molecular flexibility index (Phi) is 4.29. The monoisotopic (exact) mass is 266 g/mol. The first kappa shape index (κ1) is 12.3. The predicted molar refractivity (Wildman–Crippen MR) is 73.1 cm³/mol. The summed E-state index contributed by atoms with van der Waals surface area (Å²) in [6, 6.07) is 15.6. The first-order chi connectivity index (χ1) is 8.31. The van der Waals surface area contributed by atoms with Gasteiger partial charge in [-0.3, -0.25) is 0 Å². The van der Waals surface area contributed by atoms with Gasteiger partial charge < -0.3 is 4.74 Å². The molecule has 0 N–H and O–H groups in total.